The summed E-state index contributed by atoms with van der Waals surface area (Å²) >= 11 is 0. The van der Waals surface area contributed by atoms with Crippen molar-refractivity contribution in [1.82, 2.24) is 0 Å². The van der Waals surface area contributed by atoms with Crippen LogP contribution >= 0.6 is 0 Å². The summed E-state index contributed by atoms with van der Waals surface area (Å²) in [4.78, 5) is 12.4. The Morgan fingerprint density at radius 1 is 0.833 bits per heavy atom. The maximum Gasteiger partial charge on any atom is 0.344 e. The van der Waals surface area contributed by atoms with Gasteiger partial charge in [-0.05, 0) is 34.9 Å². The highest BCUT2D eigenvalue weighted by Crippen LogP contribution is 2.28. The molecule has 1 heterocycles. The monoisotopic (exact) mass is 314 g/mol. The van der Waals surface area contributed by atoms with Crippen LogP contribution in [0, 0.1) is 0 Å². The molecule has 0 amide bonds. The Kier molecular flexibility index (Phi) is 3.66. The largest absolute Gasteiger partial charge is 0.422 e. The Labute approximate surface area is 140 Å². The van der Waals surface area contributed by atoms with E-state index in [1.807, 2.05) is 48.5 Å². The topological polar surface area (TPSA) is 30.2 Å². The molecule has 118 valence electrons. The molecule has 0 aliphatic rings. The summed E-state index contributed by atoms with van der Waals surface area (Å²) in [6.45, 7) is 2.17. The van der Waals surface area contributed by atoms with Crippen LogP contribution in [0.3, 0.4) is 0 Å². The van der Waals surface area contributed by atoms with Gasteiger partial charge in [-0.15, -0.1) is 0 Å². The second-order valence-electron chi connectivity index (χ2n) is 6.09. The van der Waals surface area contributed by atoms with Gasteiger partial charge in [0, 0.05) is 10.9 Å². The fraction of sp³-hybridized carbons (Fsp3) is 0.136. The Hall–Kier alpha value is -2.87. The first kappa shape index (κ1) is 14.7. The molecule has 0 saturated heterocycles. The summed E-state index contributed by atoms with van der Waals surface area (Å²) in [6.07, 6.45) is 2.18. The standard InChI is InChI=1S/C22H18O2/c1-2-5-15-8-10-17(11-9-15)21-14-20-18-7-4-3-6-16(18)12-13-19(20)22(23)24-21/h3-4,6-14H,2,5H2,1H3. The van der Waals surface area contributed by atoms with Crippen LogP contribution in [0.4, 0.5) is 0 Å². The van der Waals surface area contributed by atoms with E-state index in [4.69, 9.17) is 4.42 Å². The number of hydrogen-bond donors (Lipinski definition) is 0. The minimum Gasteiger partial charge on any atom is -0.422 e. The summed E-state index contributed by atoms with van der Waals surface area (Å²) in [6, 6.07) is 22.2. The average molecular weight is 314 g/mol. The van der Waals surface area contributed by atoms with E-state index in [2.05, 4.69) is 25.1 Å². The summed E-state index contributed by atoms with van der Waals surface area (Å²) in [7, 11) is 0. The second-order valence-corrected chi connectivity index (χ2v) is 6.09. The molecule has 0 aliphatic carbocycles. The van der Waals surface area contributed by atoms with Gasteiger partial charge >= 0.3 is 5.63 Å². The van der Waals surface area contributed by atoms with E-state index in [1.54, 1.807) is 0 Å². The van der Waals surface area contributed by atoms with Crippen molar-refractivity contribution in [2.45, 2.75) is 19.8 Å². The van der Waals surface area contributed by atoms with Crippen molar-refractivity contribution in [3.63, 3.8) is 0 Å². The van der Waals surface area contributed by atoms with E-state index in [1.165, 1.54) is 5.56 Å². The van der Waals surface area contributed by atoms with Crippen molar-refractivity contribution >= 4 is 21.5 Å². The van der Waals surface area contributed by atoms with Crippen LogP contribution in [-0.2, 0) is 6.42 Å². The van der Waals surface area contributed by atoms with Gasteiger partial charge in [0.25, 0.3) is 0 Å². The molecule has 1 aromatic heterocycles. The van der Waals surface area contributed by atoms with Gasteiger partial charge in [-0.3, -0.25) is 0 Å². The quantitative estimate of drug-likeness (QED) is 0.463. The molecule has 4 aromatic rings. The molecule has 0 radical (unpaired) electrons. The lowest BCUT2D eigenvalue weighted by Crippen LogP contribution is -2.00. The molecule has 0 saturated carbocycles. The Morgan fingerprint density at radius 2 is 1.62 bits per heavy atom. The first-order chi connectivity index (χ1) is 11.8. The molecular weight excluding hydrogens is 296 g/mol. The first-order valence-corrected chi connectivity index (χ1v) is 8.31. The van der Waals surface area contributed by atoms with Gasteiger partial charge < -0.3 is 4.42 Å². The fourth-order valence-electron chi connectivity index (χ4n) is 3.21. The third-order valence-corrected chi connectivity index (χ3v) is 4.45. The van der Waals surface area contributed by atoms with Gasteiger partial charge in [0.1, 0.15) is 5.76 Å². The van der Waals surface area contributed by atoms with E-state index in [0.717, 1.165) is 34.6 Å². The van der Waals surface area contributed by atoms with Crippen molar-refractivity contribution in [3.05, 3.63) is 82.7 Å². The lowest BCUT2D eigenvalue weighted by Gasteiger charge is -2.06. The Balaban J connectivity index is 1.93. The maximum absolute atomic E-state index is 12.4. The summed E-state index contributed by atoms with van der Waals surface area (Å²) in [5, 5.41) is 3.77. The Morgan fingerprint density at radius 3 is 2.42 bits per heavy atom. The smallest absolute Gasteiger partial charge is 0.344 e. The van der Waals surface area contributed by atoms with Crippen molar-refractivity contribution in [2.24, 2.45) is 0 Å². The normalized spacial score (nSPS) is 11.2. The van der Waals surface area contributed by atoms with E-state index in [9.17, 15) is 4.79 Å². The molecule has 0 atom stereocenters. The van der Waals surface area contributed by atoms with Gasteiger partial charge in [0.15, 0.2) is 0 Å². The molecule has 0 aliphatic heterocycles. The van der Waals surface area contributed by atoms with E-state index < -0.39 is 0 Å². The molecule has 2 nitrogen and oxygen atoms in total. The van der Waals surface area contributed by atoms with Crippen LogP contribution in [0.5, 0.6) is 0 Å². The molecule has 0 fully saturated rings. The van der Waals surface area contributed by atoms with Crippen LogP contribution < -0.4 is 5.63 Å². The Bertz CT molecular complexity index is 1070. The van der Waals surface area contributed by atoms with Gasteiger partial charge in [0.2, 0.25) is 0 Å². The van der Waals surface area contributed by atoms with Gasteiger partial charge in [-0.1, -0.05) is 67.9 Å². The summed E-state index contributed by atoms with van der Waals surface area (Å²) in [5.74, 6) is 0.618. The third-order valence-electron chi connectivity index (χ3n) is 4.45. The van der Waals surface area contributed by atoms with Crippen molar-refractivity contribution in [1.29, 1.82) is 0 Å². The van der Waals surface area contributed by atoms with Crippen molar-refractivity contribution in [2.75, 3.05) is 0 Å². The molecule has 2 heteroatoms. The van der Waals surface area contributed by atoms with Crippen LogP contribution in [0.2, 0.25) is 0 Å². The van der Waals surface area contributed by atoms with Crippen molar-refractivity contribution < 1.29 is 4.42 Å². The molecule has 4 rings (SSSR count). The van der Waals surface area contributed by atoms with E-state index in [-0.39, 0.29) is 5.63 Å². The lowest BCUT2D eigenvalue weighted by molar-refractivity contribution is 0.535. The number of rotatable bonds is 3. The minimum absolute atomic E-state index is 0.286. The number of hydrogen-bond acceptors (Lipinski definition) is 2. The SMILES string of the molecule is CCCc1ccc(-c2cc3c(ccc4ccccc43)c(=O)o2)cc1. The number of aryl methyl sites for hydroxylation is 1. The zero-order chi connectivity index (χ0) is 16.5. The van der Waals surface area contributed by atoms with Crippen LogP contribution in [-0.4, -0.2) is 0 Å². The summed E-state index contributed by atoms with van der Waals surface area (Å²) < 4.78 is 5.57. The van der Waals surface area contributed by atoms with Crippen LogP contribution in [0.15, 0.2) is 75.9 Å². The van der Waals surface area contributed by atoms with Crippen molar-refractivity contribution in [3.8, 4) is 11.3 Å². The van der Waals surface area contributed by atoms with Gasteiger partial charge in [-0.2, -0.15) is 0 Å². The van der Waals surface area contributed by atoms with E-state index >= 15 is 0 Å². The fourth-order valence-corrected chi connectivity index (χ4v) is 3.21. The van der Waals surface area contributed by atoms with Crippen LogP contribution in [0.25, 0.3) is 32.9 Å². The molecular formula is C22H18O2. The second kappa shape index (κ2) is 5.97. The first-order valence-electron chi connectivity index (χ1n) is 8.31. The highest BCUT2D eigenvalue weighted by molar-refractivity contribution is 6.07. The van der Waals surface area contributed by atoms with Gasteiger partial charge in [0.05, 0.1) is 5.39 Å². The molecule has 0 spiro atoms. The highest BCUT2D eigenvalue weighted by Gasteiger charge is 2.09. The number of benzene rings is 3. The predicted octanol–water partition coefficient (Wildman–Crippen LogP) is 5.57. The molecule has 24 heavy (non-hydrogen) atoms. The predicted molar refractivity (Wildman–Crippen MR) is 99.4 cm³/mol. The maximum atomic E-state index is 12.4. The lowest BCUT2D eigenvalue weighted by atomic mass is 10.0. The zero-order valence-corrected chi connectivity index (χ0v) is 13.6. The molecule has 0 unspecified atom stereocenters. The van der Waals surface area contributed by atoms with Crippen LogP contribution in [0.1, 0.15) is 18.9 Å². The molecule has 3 aromatic carbocycles. The highest BCUT2D eigenvalue weighted by atomic mass is 16.4. The zero-order valence-electron chi connectivity index (χ0n) is 13.6. The van der Waals surface area contributed by atoms with E-state index in [0.29, 0.717) is 11.1 Å². The third kappa shape index (κ3) is 2.50. The molecule has 0 bridgehead atoms. The number of fused-ring (bicyclic) bond motifs is 3. The molecule has 0 N–H and O–H groups in total. The van der Waals surface area contributed by atoms with Gasteiger partial charge in [-0.25, -0.2) is 4.79 Å². The minimum atomic E-state index is -0.286. The average Bonchev–Trinajstić information content (AvgIpc) is 2.62. The summed E-state index contributed by atoms with van der Waals surface area (Å²) in [5.41, 5.74) is 1.95.